The molecule has 3 rings (SSSR count). The van der Waals surface area contributed by atoms with Crippen molar-refractivity contribution in [3.05, 3.63) is 46.2 Å². The van der Waals surface area contributed by atoms with Gasteiger partial charge in [-0.1, -0.05) is 11.6 Å². The van der Waals surface area contributed by atoms with E-state index in [9.17, 15) is 9.90 Å². The van der Waals surface area contributed by atoms with E-state index in [0.29, 0.717) is 29.6 Å². The van der Waals surface area contributed by atoms with Gasteiger partial charge >= 0.3 is 0 Å². The van der Waals surface area contributed by atoms with E-state index in [1.54, 1.807) is 4.68 Å². The number of amides is 1. The van der Waals surface area contributed by atoms with Crippen molar-refractivity contribution in [3.8, 4) is 5.69 Å². The van der Waals surface area contributed by atoms with Gasteiger partial charge in [0.25, 0.3) is 5.91 Å². The molecule has 1 aliphatic heterocycles. The van der Waals surface area contributed by atoms with Crippen molar-refractivity contribution >= 4 is 17.5 Å². The summed E-state index contributed by atoms with van der Waals surface area (Å²) in [6, 6.07) is 7.45. The fourth-order valence-corrected chi connectivity index (χ4v) is 3.24. The molecule has 1 saturated heterocycles. The number of benzene rings is 1. The smallest absolute Gasteiger partial charge is 0.253 e. The van der Waals surface area contributed by atoms with E-state index in [1.165, 1.54) is 0 Å². The van der Waals surface area contributed by atoms with Gasteiger partial charge in [-0.3, -0.25) is 4.79 Å². The van der Waals surface area contributed by atoms with Crippen LogP contribution in [-0.4, -0.2) is 45.4 Å². The standard InChI is InChI=1S/C18H22ClN3O2/c1-12-17(19)13(2)22(20-12)16-5-3-15(4-6-16)18(24)21-9-7-14(11-23)8-10-21/h3-6,14,23H,7-11H2,1-2H3. The Morgan fingerprint density at radius 3 is 2.38 bits per heavy atom. The summed E-state index contributed by atoms with van der Waals surface area (Å²) >= 11 is 6.19. The topological polar surface area (TPSA) is 58.4 Å². The van der Waals surface area contributed by atoms with Crippen LogP contribution in [0.2, 0.25) is 5.02 Å². The molecule has 1 aliphatic rings. The van der Waals surface area contributed by atoms with Crippen molar-refractivity contribution in [1.29, 1.82) is 0 Å². The molecule has 1 aromatic carbocycles. The normalized spacial score (nSPS) is 15.8. The highest BCUT2D eigenvalue weighted by Gasteiger charge is 2.23. The summed E-state index contributed by atoms with van der Waals surface area (Å²) in [4.78, 5) is 14.5. The quantitative estimate of drug-likeness (QED) is 0.928. The van der Waals surface area contributed by atoms with Crippen LogP contribution in [0.5, 0.6) is 0 Å². The summed E-state index contributed by atoms with van der Waals surface area (Å²) < 4.78 is 1.79. The van der Waals surface area contributed by atoms with Crippen molar-refractivity contribution in [2.45, 2.75) is 26.7 Å². The molecule has 0 aliphatic carbocycles. The molecule has 6 heteroatoms. The van der Waals surface area contributed by atoms with Crippen LogP contribution < -0.4 is 0 Å². The number of aryl methyl sites for hydroxylation is 1. The lowest BCUT2D eigenvalue weighted by molar-refractivity contribution is 0.0651. The minimum absolute atomic E-state index is 0.0457. The van der Waals surface area contributed by atoms with Crippen molar-refractivity contribution in [2.24, 2.45) is 5.92 Å². The Morgan fingerprint density at radius 2 is 1.88 bits per heavy atom. The second kappa shape index (κ2) is 6.95. The third-order valence-corrected chi connectivity index (χ3v) is 5.27. The molecular weight excluding hydrogens is 326 g/mol. The second-order valence-electron chi connectivity index (χ2n) is 6.36. The number of likely N-dealkylation sites (tertiary alicyclic amines) is 1. The third-order valence-electron chi connectivity index (χ3n) is 4.72. The Labute approximate surface area is 146 Å². The Bertz CT molecular complexity index is 731. The monoisotopic (exact) mass is 347 g/mol. The second-order valence-corrected chi connectivity index (χ2v) is 6.74. The number of carbonyl (C=O) groups excluding carboxylic acids is 1. The molecule has 5 nitrogen and oxygen atoms in total. The zero-order valence-corrected chi connectivity index (χ0v) is 14.8. The van der Waals surface area contributed by atoms with E-state index >= 15 is 0 Å². The van der Waals surface area contributed by atoms with Gasteiger partial charge in [0, 0.05) is 25.3 Å². The number of carbonyl (C=O) groups is 1. The molecule has 2 aromatic rings. The molecule has 0 atom stereocenters. The van der Waals surface area contributed by atoms with Crippen LogP contribution in [0.4, 0.5) is 0 Å². The number of nitrogens with zero attached hydrogens (tertiary/aromatic N) is 3. The van der Waals surface area contributed by atoms with Gasteiger partial charge in [0.05, 0.1) is 22.1 Å². The Kier molecular flexibility index (Phi) is 4.92. The number of aliphatic hydroxyl groups is 1. The van der Waals surface area contributed by atoms with Crippen molar-refractivity contribution in [1.82, 2.24) is 14.7 Å². The number of halogens is 1. The van der Waals surface area contributed by atoms with Gasteiger partial charge in [-0.2, -0.15) is 5.10 Å². The Morgan fingerprint density at radius 1 is 1.25 bits per heavy atom. The summed E-state index contributed by atoms with van der Waals surface area (Å²) in [6.07, 6.45) is 1.73. The average molecular weight is 348 g/mol. The molecule has 0 unspecified atom stereocenters. The van der Waals surface area contributed by atoms with Crippen molar-refractivity contribution < 1.29 is 9.90 Å². The minimum Gasteiger partial charge on any atom is -0.396 e. The Hall–Kier alpha value is -1.85. The maximum absolute atomic E-state index is 12.6. The molecule has 1 fully saturated rings. The van der Waals surface area contributed by atoms with Gasteiger partial charge in [-0.15, -0.1) is 0 Å². The number of piperidine rings is 1. The lowest BCUT2D eigenvalue weighted by atomic mass is 9.97. The zero-order chi connectivity index (χ0) is 17.3. The summed E-state index contributed by atoms with van der Waals surface area (Å²) in [7, 11) is 0. The molecule has 0 radical (unpaired) electrons. The van der Waals surface area contributed by atoms with E-state index in [2.05, 4.69) is 5.10 Å². The number of aromatic nitrogens is 2. The SMILES string of the molecule is Cc1nn(-c2ccc(C(=O)N3CCC(CO)CC3)cc2)c(C)c1Cl. The summed E-state index contributed by atoms with van der Waals surface area (Å²) in [5.74, 6) is 0.372. The number of aliphatic hydroxyl groups excluding tert-OH is 1. The lowest BCUT2D eigenvalue weighted by Gasteiger charge is -2.31. The predicted molar refractivity (Wildman–Crippen MR) is 93.8 cm³/mol. The fourth-order valence-electron chi connectivity index (χ4n) is 3.12. The van der Waals surface area contributed by atoms with Crippen LogP contribution in [0, 0.1) is 19.8 Å². The maximum atomic E-state index is 12.6. The molecule has 128 valence electrons. The van der Waals surface area contributed by atoms with Crippen LogP contribution in [0.25, 0.3) is 5.69 Å². The summed E-state index contributed by atoms with van der Waals surface area (Å²) in [5, 5.41) is 14.3. The molecule has 24 heavy (non-hydrogen) atoms. The maximum Gasteiger partial charge on any atom is 0.253 e. The largest absolute Gasteiger partial charge is 0.396 e. The van der Waals surface area contributed by atoms with E-state index in [4.69, 9.17) is 11.6 Å². The lowest BCUT2D eigenvalue weighted by Crippen LogP contribution is -2.39. The molecule has 1 N–H and O–H groups in total. The van der Waals surface area contributed by atoms with Gasteiger partial charge in [0.1, 0.15) is 0 Å². The molecule has 1 aromatic heterocycles. The van der Waals surface area contributed by atoms with Gasteiger partial charge in [0.15, 0.2) is 0 Å². The molecular formula is C18H22ClN3O2. The van der Waals surface area contributed by atoms with Gasteiger partial charge in [-0.05, 0) is 56.9 Å². The molecule has 0 spiro atoms. The van der Waals surface area contributed by atoms with E-state index in [-0.39, 0.29) is 12.5 Å². The van der Waals surface area contributed by atoms with Gasteiger partial charge < -0.3 is 10.0 Å². The van der Waals surface area contributed by atoms with E-state index in [1.807, 2.05) is 43.0 Å². The first kappa shape index (κ1) is 17.0. The zero-order valence-electron chi connectivity index (χ0n) is 14.0. The first-order chi connectivity index (χ1) is 11.5. The van der Waals surface area contributed by atoms with Crippen LogP contribution in [0.1, 0.15) is 34.6 Å². The highest BCUT2D eigenvalue weighted by atomic mass is 35.5. The van der Waals surface area contributed by atoms with Gasteiger partial charge in [-0.25, -0.2) is 4.68 Å². The van der Waals surface area contributed by atoms with Crippen LogP contribution in [0.15, 0.2) is 24.3 Å². The molecule has 0 saturated carbocycles. The summed E-state index contributed by atoms with van der Waals surface area (Å²) in [6.45, 7) is 5.42. The van der Waals surface area contributed by atoms with Crippen LogP contribution in [0.3, 0.4) is 0 Å². The number of rotatable bonds is 3. The van der Waals surface area contributed by atoms with E-state index in [0.717, 1.165) is 29.9 Å². The fraction of sp³-hybridized carbons (Fsp3) is 0.444. The average Bonchev–Trinajstić information content (AvgIpc) is 2.89. The van der Waals surface area contributed by atoms with Crippen molar-refractivity contribution in [3.63, 3.8) is 0 Å². The molecule has 2 heterocycles. The minimum atomic E-state index is 0.0457. The molecule has 0 bridgehead atoms. The van der Waals surface area contributed by atoms with E-state index < -0.39 is 0 Å². The first-order valence-corrected chi connectivity index (χ1v) is 8.61. The third kappa shape index (κ3) is 3.19. The van der Waals surface area contributed by atoms with Crippen LogP contribution >= 0.6 is 11.6 Å². The first-order valence-electron chi connectivity index (χ1n) is 8.23. The van der Waals surface area contributed by atoms with Crippen molar-refractivity contribution in [2.75, 3.05) is 19.7 Å². The molecule has 1 amide bonds. The number of hydrogen-bond donors (Lipinski definition) is 1. The highest BCUT2D eigenvalue weighted by Crippen LogP contribution is 2.23. The highest BCUT2D eigenvalue weighted by molar-refractivity contribution is 6.31. The Balaban J connectivity index is 1.75. The predicted octanol–water partition coefficient (Wildman–Crippen LogP) is 2.99. The van der Waals surface area contributed by atoms with Gasteiger partial charge in [0.2, 0.25) is 0 Å². The van der Waals surface area contributed by atoms with Crippen LogP contribution in [-0.2, 0) is 0 Å². The number of hydrogen-bond acceptors (Lipinski definition) is 3. The summed E-state index contributed by atoms with van der Waals surface area (Å²) in [5.41, 5.74) is 3.24.